The van der Waals surface area contributed by atoms with Gasteiger partial charge < -0.3 is 9.47 Å². The molecule has 0 N–H and O–H groups in total. The Morgan fingerprint density at radius 3 is 2.29 bits per heavy atom. The Kier molecular flexibility index (Phi) is 5.51. The highest BCUT2D eigenvalue weighted by Gasteiger charge is 2.08. The van der Waals surface area contributed by atoms with E-state index in [1.165, 1.54) is 16.7 Å². The van der Waals surface area contributed by atoms with Crippen molar-refractivity contribution in [2.24, 2.45) is 0 Å². The molecule has 0 atom stereocenters. The van der Waals surface area contributed by atoms with Crippen molar-refractivity contribution in [2.75, 3.05) is 6.61 Å². The van der Waals surface area contributed by atoms with Crippen LogP contribution in [0, 0.1) is 13.8 Å². The van der Waals surface area contributed by atoms with Crippen molar-refractivity contribution in [3.63, 3.8) is 0 Å². The zero-order valence-electron chi connectivity index (χ0n) is 12.8. The summed E-state index contributed by atoms with van der Waals surface area (Å²) < 4.78 is 11.6. The second kappa shape index (κ2) is 7.37. The van der Waals surface area contributed by atoms with Crippen molar-refractivity contribution in [1.29, 1.82) is 0 Å². The predicted molar refractivity (Wildman–Crippen MR) is 87.4 cm³/mol. The number of rotatable bonds is 6. The summed E-state index contributed by atoms with van der Waals surface area (Å²) >= 11 is 5.87. The van der Waals surface area contributed by atoms with Gasteiger partial charge in [-0.2, -0.15) is 0 Å². The summed E-state index contributed by atoms with van der Waals surface area (Å²) in [5.41, 5.74) is 4.73. The van der Waals surface area contributed by atoms with Crippen LogP contribution in [0.15, 0.2) is 36.4 Å². The van der Waals surface area contributed by atoms with Crippen molar-refractivity contribution in [1.82, 2.24) is 0 Å². The number of hydrogen-bond acceptors (Lipinski definition) is 2. The van der Waals surface area contributed by atoms with E-state index >= 15 is 0 Å². The molecule has 2 rings (SSSR count). The molecule has 0 bridgehead atoms. The highest BCUT2D eigenvalue weighted by Crippen LogP contribution is 2.30. The highest BCUT2D eigenvalue weighted by atomic mass is 35.5. The zero-order valence-corrected chi connectivity index (χ0v) is 13.5. The van der Waals surface area contributed by atoms with E-state index in [-0.39, 0.29) is 0 Å². The lowest BCUT2D eigenvalue weighted by atomic mass is 10.0. The van der Waals surface area contributed by atoms with Crippen molar-refractivity contribution >= 4 is 11.6 Å². The maximum Gasteiger partial charge on any atom is 0.161 e. The van der Waals surface area contributed by atoms with Gasteiger partial charge in [0.25, 0.3) is 0 Å². The molecule has 0 saturated carbocycles. The molecular weight excluding hydrogens is 284 g/mol. The first-order valence-electron chi connectivity index (χ1n) is 7.15. The fourth-order valence-corrected chi connectivity index (χ4v) is 2.42. The summed E-state index contributed by atoms with van der Waals surface area (Å²) in [6, 6.07) is 12.1. The maximum absolute atomic E-state index is 5.97. The first-order valence-corrected chi connectivity index (χ1v) is 7.68. The summed E-state index contributed by atoms with van der Waals surface area (Å²) in [4.78, 5) is 0. The second-order valence-electron chi connectivity index (χ2n) is 5.01. The topological polar surface area (TPSA) is 18.5 Å². The van der Waals surface area contributed by atoms with E-state index in [4.69, 9.17) is 21.1 Å². The summed E-state index contributed by atoms with van der Waals surface area (Å²) in [5.74, 6) is 1.98. The highest BCUT2D eigenvalue weighted by molar-refractivity contribution is 6.17. The van der Waals surface area contributed by atoms with E-state index in [1.54, 1.807) is 0 Å². The molecule has 0 aliphatic heterocycles. The number of ether oxygens (including phenoxy) is 2. The largest absolute Gasteiger partial charge is 0.490 e. The molecule has 0 unspecified atom stereocenters. The van der Waals surface area contributed by atoms with E-state index < -0.39 is 0 Å². The van der Waals surface area contributed by atoms with Gasteiger partial charge in [0.05, 0.1) is 6.61 Å². The van der Waals surface area contributed by atoms with Gasteiger partial charge in [0.15, 0.2) is 11.5 Å². The Balaban J connectivity index is 2.19. The van der Waals surface area contributed by atoms with Gasteiger partial charge >= 0.3 is 0 Å². The Hall–Kier alpha value is -1.67. The smallest absolute Gasteiger partial charge is 0.161 e. The van der Waals surface area contributed by atoms with E-state index in [9.17, 15) is 0 Å². The molecule has 0 radical (unpaired) electrons. The molecule has 0 aliphatic carbocycles. The molecule has 0 saturated heterocycles. The van der Waals surface area contributed by atoms with Gasteiger partial charge in [0.2, 0.25) is 0 Å². The molecule has 112 valence electrons. The molecular formula is C18H21ClO2. The molecule has 0 amide bonds. The maximum atomic E-state index is 5.97. The molecule has 0 spiro atoms. The number of benzene rings is 2. The van der Waals surface area contributed by atoms with Gasteiger partial charge in [-0.25, -0.2) is 0 Å². The average molecular weight is 305 g/mol. The Morgan fingerprint density at radius 2 is 1.67 bits per heavy atom. The molecule has 0 aliphatic rings. The molecule has 21 heavy (non-hydrogen) atoms. The van der Waals surface area contributed by atoms with Crippen LogP contribution < -0.4 is 9.47 Å². The molecule has 0 fully saturated rings. The minimum atomic E-state index is 0.469. The van der Waals surface area contributed by atoms with Gasteiger partial charge in [0, 0.05) is 5.88 Å². The molecule has 0 aromatic heterocycles. The fourth-order valence-electron chi connectivity index (χ4n) is 2.25. The third-order valence-electron chi connectivity index (χ3n) is 3.48. The van der Waals surface area contributed by atoms with Crippen LogP contribution in [0.4, 0.5) is 0 Å². The van der Waals surface area contributed by atoms with Gasteiger partial charge in [-0.3, -0.25) is 0 Å². The van der Waals surface area contributed by atoms with Crippen LogP contribution >= 0.6 is 11.6 Å². The van der Waals surface area contributed by atoms with E-state index in [0.29, 0.717) is 19.1 Å². The van der Waals surface area contributed by atoms with Crippen LogP contribution in [-0.2, 0) is 12.5 Å². The van der Waals surface area contributed by atoms with Crippen LogP contribution in [0.2, 0.25) is 0 Å². The minimum Gasteiger partial charge on any atom is -0.490 e. The molecule has 2 aromatic carbocycles. The average Bonchev–Trinajstić information content (AvgIpc) is 2.48. The van der Waals surface area contributed by atoms with Crippen molar-refractivity contribution in [2.45, 2.75) is 33.3 Å². The third-order valence-corrected chi connectivity index (χ3v) is 3.79. The lowest BCUT2D eigenvalue weighted by molar-refractivity contribution is 0.268. The standard InChI is InChI=1S/C18H21ClO2/c1-4-20-18-10-15(11-19)8-9-17(18)21-12-16-13(2)6-5-7-14(16)3/h5-10H,4,11-12H2,1-3H3. The van der Waals surface area contributed by atoms with Crippen molar-refractivity contribution in [3.8, 4) is 11.5 Å². The number of aryl methyl sites for hydroxylation is 2. The predicted octanol–water partition coefficient (Wildman–Crippen LogP) is 5.02. The van der Waals surface area contributed by atoms with Gasteiger partial charge in [-0.1, -0.05) is 24.3 Å². The second-order valence-corrected chi connectivity index (χ2v) is 5.27. The zero-order chi connectivity index (χ0) is 15.2. The molecule has 2 nitrogen and oxygen atoms in total. The SMILES string of the molecule is CCOc1cc(CCl)ccc1OCc1c(C)cccc1C. The monoisotopic (exact) mass is 304 g/mol. The lowest BCUT2D eigenvalue weighted by Crippen LogP contribution is -2.03. The fraction of sp³-hybridized carbons (Fsp3) is 0.333. The molecule has 2 aromatic rings. The number of halogens is 1. The number of hydrogen-bond donors (Lipinski definition) is 0. The first kappa shape index (κ1) is 15.7. The van der Waals surface area contributed by atoms with Crippen LogP contribution in [0.5, 0.6) is 11.5 Å². The van der Waals surface area contributed by atoms with Gasteiger partial charge in [0.1, 0.15) is 6.61 Å². The van der Waals surface area contributed by atoms with Gasteiger partial charge in [-0.15, -0.1) is 11.6 Å². The normalized spacial score (nSPS) is 10.5. The Labute approximate surface area is 131 Å². The van der Waals surface area contributed by atoms with Crippen LogP contribution in [-0.4, -0.2) is 6.61 Å². The Morgan fingerprint density at radius 1 is 0.952 bits per heavy atom. The summed E-state index contributed by atoms with van der Waals surface area (Å²) in [7, 11) is 0. The van der Waals surface area contributed by atoms with E-state index in [2.05, 4.69) is 32.0 Å². The first-order chi connectivity index (χ1) is 10.2. The van der Waals surface area contributed by atoms with Crippen LogP contribution in [0.25, 0.3) is 0 Å². The molecule has 0 heterocycles. The van der Waals surface area contributed by atoms with Crippen molar-refractivity contribution in [3.05, 3.63) is 58.7 Å². The van der Waals surface area contributed by atoms with E-state index in [0.717, 1.165) is 17.1 Å². The Bertz CT molecular complexity index is 588. The number of alkyl halides is 1. The molecule has 3 heteroatoms. The van der Waals surface area contributed by atoms with Gasteiger partial charge in [-0.05, 0) is 55.2 Å². The third kappa shape index (κ3) is 3.92. The van der Waals surface area contributed by atoms with Crippen LogP contribution in [0.1, 0.15) is 29.2 Å². The minimum absolute atomic E-state index is 0.469. The lowest BCUT2D eigenvalue weighted by Gasteiger charge is -2.15. The van der Waals surface area contributed by atoms with Crippen molar-refractivity contribution < 1.29 is 9.47 Å². The summed E-state index contributed by atoms with van der Waals surface area (Å²) in [5, 5.41) is 0. The summed E-state index contributed by atoms with van der Waals surface area (Å²) in [6.07, 6.45) is 0. The van der Waals surface area contributed by atoms with E-state index in [1.807, 2.05) is 25.1 Å². The quantitative estimate of drug-likeness (QED) is 0.698. The van der Waals surface area contributed by atoms with Crippen LogP contribution in [0.3, 0.4) is 0 Å². The summed E-state index contributed by atoms with van der Waals surface area (Å²) in [6.45, 7) is 7.31.